The molecular formula is C20H26N4O3S. The van der Waals surface area contributed by atoms with Crippen molar-refractivity contribution >= 4 is 21.6 Å². The average molecular weight is 403 g/mol. The van der Waals surface area contributed by atoms with E-state index < -0.39 is 10.0 Å². The zero-order valence-corrected chi connectivity index (χ0v) is 16.9. The first-order valence-electron chi connectivity index (χ1n) is 9.82. The van der Waals surface area contributed by atoms with E-state index in [2.05, 4.69) is 16.1 Å². The van der Waals surface area contributed by atoms with Crippen LogP contribution in [0.25, 0.3) is 11.3 Å². The zero-order chi connectivity index (χ0) is 19.7. The largest absolute Gasteiger partial charge is 0.334 e. The Labute approximate surface area is 165 Å². The molecule has 4 rings (SSSR count). The van der Waals surface area contributed by atoms with E-state index in [9.17, 15) is 13.2 Å². The van der Waals surface area contributed by atoms with Gasteiger partial charge in [0.05, 0.1) is 17.9 Å². The number of hydrogen-bond donors (Lipinski definition) is 1. The fraction of sp³-hybridized carbons (Fsp3) is 0.500. The summed E-state index contributed by atoms with van der Waals surface area (Å²) < 4.78 is 27.2. The van der Waals surface area contributed by atoms with Crippen molar-refractivity contribution in [2.24, 2.45) is 5.92 Å². The van der Waals surface area contributed by atoms with Crippen LogP contribution in [-0.4, -0.2) is 47.5 Å². The lowest BCUT2D eigenvalue weighted by Crippen LogP contribution is -2.43. The number of sulfonamides is 1. The minimum atomic E-state index is -3.27. The maximum Gasteiger partial charge on any atom is 0.228 e. The van der Waals surface area contributed by atoms with E-state index >= 15 is 0 Å². The second kappa shape index (κ2) is 7.67. The van der Waals surface area contributed by atoms with Crippen LogP contribution in [0.5, 0.6) is 0 Å². The lowest BCUT2D eigenvalue weighted by molar-refractivity contribution is -0.120. The molecule has 0 aliphatic carbocycles. The highest BCUT2D eigenvalue weighted by Crippen LogP contribution is 2.26. The van der Waals surface area contributed by atoms with Gasteiger partial charge in [-0.3, -0.25) is 4.79 Å². The summed E-state index contributed by atoms with van der Waals surface area (Å²) >= 11 is 0. The van der Waals surface area contributed by atoms with E-state index in [0.29, 0.717) is 25.1 Å². The summed E-state index contributed by atoms with van der Waals surface area (Å²) in [4.78, 5) is 17.4. The maximum atomic E-state index is 12.7. The molecule has 2 aliphatic rings. The lowest BCUT2D eigenvalue weighted by Gasteiger charge is -2.30. The van der Waals surface area contributed by atoms with Crippen LogP contribution in [0.3, 0.4) is 0 Å². The minimum Gasteiger partial charge on any atom is -0.334 e. The van der Waals surface area contributed by atoms with Gasteiger partial charge in [0.1, 0.15) is 5.82 Å². The molecule has 150 valence electrons. The third-order valence-corrected chi connectivity index (χ3v) is 6.83. The number of carbonyl (C=O) groups excluding carboxylic acids is 1. The number of aromatic nitrogens is 2. The number of fused-ring (bicyclic) bond motifs is 1. The molecular weight excluding hydrogens is 376 g/mol. The summed E-state index contributed by atoms with van der Waals surface area (Å²) in [5.41, 5.74) is 2.61. The second-order valence-electron chi connectivity index (χ2n) is 7.72. The molecule has 1 amide bonds. The first kappa shape index (κ1) is 19.1. The Morgan fingerprint density at radius 3 is 2.86 bits per heavy atom. The average Bonchev–Trinajstić information content (AvgIpc) is 3.12. The third-order valence-electron chi connectivity index (χ3n) is 5.56. The van der Waals surface area contributed by atoms with Crippen LogP contribution in [0, 0.1) is 5.92 Å². The van der Waals surface area contributed by atoms with Gasteiger partial charge in [0, 0.05) is 43.5 Å². The Balaban J connectivity index is 1.47. The van der Waals surface area contributed by atoms with Crippen molar-refractivity contribution in [1.82, 2.24) is 13.9 Å². The minimum absolute atomic E-state index is 0.130. The Morgan fingerprint density at radius 2 is 2.07 bits per heavy atom. The summed E-state index contributed by atoms with van der Waals surface area (Å²) in [5, 5.41) is 2.96. The number of nitrogens with one attached hydrogen (secondary N) is 1. The van der Waals surface area contributed by atoms with Crippen LogP contribution in [0.2, 0.25) is 0 Å². The molecule has 28 heavy (non-hydrogen) atoms. The van der Waals surface area contributed by atoms with Crippen LogP contribution < -0.4 is 5.32 Å². The molecule has 1 saturated heterocycles. The topological polar surface area (TPSA) is 84.3 Å². The quantitative estimate of drug-likeness (QED) is 0.852. The highest BCUT2D eigenvalue weighted by molar-refractivity contribution is 7.88. The maximum absolute atomic E-state index is 12.7. The van der Waals surface area contributed by atoms with Crippen LogP contribution in [-0.2, 0) is 27.8 Å². The highest BCUT2D eigenvalue weighted by Gasteiger charge is 2.30. The Bertz CT molecular complexity index is 960. The Kier molecular flexibility index (Phi) is 5.25. The van der Waals surface area contributed by atoms with Crippen molar-refractivity contribution in [3.63, 3.8) is 0 Å². The Hall–Kier alpha value is -2.19. The number of rotatable bonds is 4. The van der Waals surface area contributed by atoms with Gasteiger partial charge in [-0.05, 0) is 37.8 Å². The number of benzene rings is 1. The number of imidazole rings is 1. The van der Waals surface area contributed by atoms with Crippen molar-refractivity contribution < 1.29 is 13.2 Å². The number of piperidine rings is 1. The molecule has 0 radical (unpaired) electrons. The predicted octanol–water partition coefficient (Wildman–Crippen LogP) is 2.50. The first-order valence-corrected chi connectivity index (χ1v) is 11.7. The molecule has 1 unspecified atom stereocenters. The molecule has 1 aromatic carbocycles. The zero-order valence-electron chi connectivity index (χ0n) is 16.1. The Morgan fingerprint density at radius 1 is 1.21 bits per heavy atom. The molecule has 8 heteroatoms. The summed E-state index contributed by atoms with van der Waals surface area (Å²) in [7, 11) is -3.27. The molecule has 7 nitrogen and oxygen atoms in total. The van der Waals surface area contributed by atoms with Crippen molar-refractivity contribution in [3.8, 4) is 11.3 Å². The van der Waals surface area contributed by atoms with E-state index in [1.54, 1.807) is 0 Å². The van der Waals surface area contributed by atoms with Gasteiger partial charge in [-0.15, -0.1) is 0 Å². The molecule has 1 aromatic heterocycles. The van der Waals surface area contributed by atoms with Gasteiger partial charge >= 0.3 is 0 Å². The summed E-state index contributed by atoms with van der Waals surface area (Å²) in [5.74, 6) is 0.667. The predicted molar refractivity (Wildman–Crippen MR) is 108 cm³/mol. The normalized spacial score (nSPS) is 20.5. The summed E-state index contributed by atoms with van der Waals surface area (Å²) in [6, 6.07) is 7.70. The monoisotopic (exact) mass is 402 g/mol. The fourth-order valence-electron chi connectivity index (χ4n) is 4.01. The highest BCUT2D eigenvalue weighted by atomic mass is 32.2. The summed E-state index contributed by atoms with van der Waals surface area (Å²) in [6.45, 7) is 1.75. The van der Waals surface area contributed by atoms with Crippen molar-refractivity contribution in [3.05, 3.63) is 36.3 Å². The number of hydrogen-bond acceptors (Lipinski definition) is 4. The molecule has 0 spiro atoms. The van der Waals surface area contributed by atoms with Crippen LogP contribution in [0.15, 0.2) is 30.5 Å². The van der Waals surface area contributed by atoms with Crippen LogP contribution in [0.4, 0.5) is 5.69 Å². The smallest absolute Gasteiger partial charge is 0.228 e. The van der Waals surface area contributed by atoms with E-state index in [-0.39, 0.29) is 18.4 Å². The molecule has 2 aromatic rings. The van der Waals surface area contributed by atoms with Crippen molar-refractivity contribution in [1.29, 1.82) is 0 Å². The van der Waals surface area contributed by atoms with Gasteiger partial charge in [0.2, 0.25) is 15.9 Å². The molecule has 1 atom stereocenters. The molecule has 1 fully saturated rings. The summed E-state index contributed by atoms with van der Waals surface area (Å²) in [6.07, 6.45) is 8.05. The van der Waals surface area contributed by atoms with E-state index in [1.807, 2.05) is 24.3 Å². The second-order valence-corrected chi connectivity index (χ2v) is 9.71. The molecule has 1 N–H and O–H groups in total. The standard InChI is InChI=1S/C20H26N4O3S/c1-28(26,27)24-11-5-7-16(13-24)20(25)21-17-8-4-6-15(12-17)18-14-23-10-3-2-9-19(23)22-18/h4,6,8,12,14,16H,2-3,5,7,9-11,13H2,1H3,(H,21,25). The first-order chi connectivity index (χ1) is 13.4. The number of aryl methyl sites for hydroxylation is 2. The fourth-order valence-corrected chi connectivity index (χ4v) is 4.92. The number of carbonyl (C=O) groups is 1. The van der Waals surface area contributed by atoms with Crippen molar-refractivity contribution in [2.75, 3.05) is 24.7 Å². The molecule has 3 heterocycles. The number of nitrogens with zero attached hydrogens (tertiary/aromatic N) is 3. The SMILES string of the molecule is CS(=O)(=O)N1CCCC(C(=O)Nc2cccc(-c3cn4c(n3)CCCC4)c2)C1. The molecule has 0 saturated carbocycles. The molecule has 2 aliphatic heterocycles. The van der Waals surface area contributed by atoms with E-state index in [0.717, 1.165) is 30.0 Å². The van der Waals surface area contributed by atoms with Crippen LogP contribution >= 0.6 is 0 Å². The van der Waals surface area contributed by atoms with Crippen LogP contribution in [0.1, 0.15) is 31.5 Å². The van der Waals surface area contributed by atoms with Gasteiger partial charge < -0.3 is 9.88 Å². The lowest BCUT2D eigenvalue weighted by atomic mass is 9.98. The van der Waals surface area contributed by atoms with Crippen molar-refractivity contribution in [2.45, 2.75) is 38.6 Å². The third kappa shape index (κ3) is 4.12. The van der Waals surface area contributed by atoms with Gasteiger partial charge in [-0.1, -0.05) is 12.1 Å². The van der Waals surface area contributed by atoms with E-state index in [4.69, 9.17) is 4.98 Å². The number of anilines is 1. The van der Waals surface area contributed by atoms with E-state index in [1.165, 1.54) is 23.4 Å². The van der Waals surface area contributed by atoms with Gasteiger partial charge in [0.25, 0.3) is 0 Å². The van der Waals surface area contributed by atoms with Gasteiger partial charge in [0.15, 0.2) is 0 Å². The molecule has 0 bridgehead atoms. The van der Waals surface area contributed by atoms with Gasteiger partial charge in [-0.2, -0.15) is 0 Å². The van der Waals surface area contributed by atoms with Gasteiger partial charge in [-0.25, -0.2) is 17.7 Å². The number of amides is 1.